The lowest BCUT2D eigenvalue weighted by Gasteiger charge is -2.13. The number of aliphatic hydroxyl groups is 1. The van der Waals surface area contributed by atoms with Crippen molar-refractivity contribution in [2.24, 2.45) is 0 Å². The molecule has 0 aliphatic rings. The van der Waals surface area contributed by atoms with Gasteiger partial charge < -0.3 is 9.84 Å². The maximum Gasteiger partial charge on any atom is 0.125 e. The SMILES string of the molecule is C[C@@H](O)c1ccccc1OCCc1ccccc1. The third kappa shape index (κ3) is 3.34. The van der Waals surface area contributed by atoms with Gasteiger partial charge in [-0.1, -0.05) is 48.5 Å². The fourth-order valence-electron chi connectivity index (χ4n) is 1.88. The van der Waals surface area contributed by atoms with E-state index in [1.807, 2.05) is 42.5 Å². The van der Waals surface area contributed by atoms with Crippen LogP contribution in [-0.2, 0) is 6.42 Å². The summed E-state index contributed by atoms with van der Waals surface area (Å²) < 4.78 is 5.74. The van der Waals surface area contributed by atoms with Crippen LogP contribution < -0.4 is 4.74 Å². The summed E-state index contributed by atoms with van der Waals surface area (Å²) in [4.78, 5) is 0. The zero-order valence-electron chi connectivity index (χ0n) is 10.5. The lowest BCUT2D eigenvalue weighted by atomic mass is 10.1. The molecule has 0 aromatic heterocycles. The number of hydrogen-bond acceptors (Lipinski definition) is 2. The van der Waals surface area contributed by atoms with E-state index in [9.17, 15) is 5.11 Å². The minimum absolute atomic E-state index is 0.502. The number of rotatable bonds is 5. The van der Waals surface area contributed by atoms with E-state index in [2.05, 4.69) is 12.1 Å². The van der Waals surface area contributed by atoms with Crippen molar-refractivity contribution in [3.8, 4) is 5.75 Å². The molecule has 0 aliphatic heterocycles. The van der Waals surface area contributed by atoms with Gasteiger partial charge in [-0.3, -0.25) is 0 Å². The second-order valence-corrected chi connectivity index (χ2v) is 4.30. The highest BCUT2D eigenvalue weighted by molar-refractivity contribution is 5.34. The van der Waals surface area contributed by atoms with Gasteiger partial charge in [0.15, 0.2) is 0 Å². The van der Waals surface area contributed by atoms with Crippen molar-refractivity contribution >= 4 is 0 Å². The van der Waals surface area contributed by atoms with Crippen LogP contribution in [0.15, 0.2) is 54.6 Å². The topological polar surface area (TPSA) is 29.5 Å². The van der Waals surface area contributed by atoms with Gasteiger partial charge >= 0.3 is 0 Å². The molecule has 0 unspecified atom stereocenters. The van der Waals surface area contributed by atoms with Gasteiger partial charge in [0, 0.05) is 12.0 Å². The Morgan fingerprint density at radius 2 is 1.67 bits per heavy atom. The van der Waals surface area contributed by atoms with Gasteiger partial charge in [-0.15, -0.1) is 0 Å². The Bertz CT molecular complexity index is 477. The van der Waals surface area contributed by atoms with Gasteiger partial charge in [-0.2, -0.15) is 0 Å². The van der Waals surface area contributed by atoms with Gasteiger partial charge in [0.1, 0.15) is 5.75 Å². The van der Waals surface area contributed by atoms with Crippen LogP contribution in [-0.4, -0.2) is 11.7 Å². The molecule has 2 heteroatoms. The van der Waals surface area contributed by atoms with Crippen LogP contribution in [0.5, 0.6) is 5.75 Å². The molecule has 2 aromatic rings. The molecule has 0 spiro atoms. The predicted molar refractivity (Wildman–Crippen MR) is 72.7 cm³/mol. The van der Waals surface area contributed by atoms with E-state index in [4.69, 9.17) is 4.74 Å². The average Bonchev–Trinajstić information content (AvgIpc) is 2.40. The molecular formula is C16H18O2. The summed E-state index contributed by atoms with van der Waals surface area (Å²) in [5.74, 6) is 0.767. The lowest BCUT2D eigenvalue weighted by molar-refractivity contribution is 0.191. The van der Waals surface area contributed by atoms with E-state index in [-0.39, 0.29) is 0 Å². The number of ether oxygens (including phenoxy) is 1. The van der Waals surface area contributed by atoms with Crippen molar-refractivity contribution < 1.29 is 9.84 Å². The first kappa shape index (κ1) is 12.7. The van der Waals surface area contributed by atoms with Crippen molar-refractivity contribution in [3.63, 3.8) is 0 Å². The Morgan fingerprint density at radius 3 is 2.39 bits per heavy atom. The molecule has 2 rings (SSSR count). The van der Waals surface area contributed by atoms with E-state index in [0.717, 1.165) is 17.7 Å². The number of aliphatic hydroxyl groups excluding tert-OH is 1. The van der Waals surface area contributed by atoms with Crippen molar-refractivity contribution in [1.82, 2.24) is 0 Å². The van der Waals surface area contributed by atoms with Crippen molar-refractivity contribution in [2.75, 3.05) is 6.61 Å². The predicted octanol–water partition coefficient (Wildman–Crippen LogP) is 3.36. The van der Waals surface area contributed by atoms with E-state index in [1.54, 1.807) is 6.92 Å². The summed E-state index contributed by atoms with van der Waals surface area (Å²) in [6.45, 7) is 2.37. The molecule has 0 bridgehead atoms. The Morgan fingerprint density at radius 1 is 1.00 bits per heavy atom. The number of hydrogen-bond donors (Lipinski definition) is 1. The molecule has 0 amide bonds. The average molecular weight is 242 g/mol. The third-order valence-electron chi connectivity index (χ3n) is 2.86. The lowest BCUT2D eigenvalue weighted by Crippen LogP contribution is -2.04. The minimum atomic E-state index is -0.502. The van der Waals surface area contributed by atoms with Gasteiger partial charge in [-0.05, 0) is 18.6 Å². The molecule has 0 fully saturated rings. The fraction of sp³-hybridized carbons (Fsp3) is 0.250. The van der Waals surface area contributed by atoms with E-state index < -0.39 is 6.10 Å². The summed E-state index contributed by atoms with van der Waals surface area (Å²) in [7, 11) is 0. The van der Waals surface area contributed by atoms with Crippen LogP contribution in [0.25, 0.3) is 0 Å². The highest BCUT2D eigenvalue weighted by atomic mass is 16.5. The largest absolute Gasteiger partial charge is 0.493 e. The summed E-state index contributed by atoms with van der Waals surface area (Å²) in [6, 6.07) is 17.9. The minimum Gasteiger partial charge on any atom is -0.493 e. The second-order valence-electron chi connectivity index (χ2n) is 4.30. The molecule has 0 radical (unpaired) electrons. The zero-order chi connectivity index (χ0) is 12.8. The molecule has 0 heterocycles. The molecule has 1 atom stereocenters. The Labute approximate surface area is 108 Å². The molecule has 2 aromatic carbocycles. The number of para-hydroxylation sites is 1. The maximum atomic E-state index is 9.64. The maximum absolute atomic E-state index is 9.64. The molecule has 0 aliphatic carbocycles. The first-order valence-corrected chi connectivity index (χ1v) is 6.21. The van der Waals surface area contributed by atoms with Crippen molar-refractivity contribution in [1.29, 1.82) is 0 Å². The number of benzene rings is 2. The van der Waals surface area contributed by atoms with Gasteiger partial charge in [0.2, 0.25) is 0 Å². The normalized spacial score (nSPS) is 12.1. The summed E-state index contributed by atoms with van der Waals surface area (Å²) in [6.07, 6.45) is 0.368. The van der Waals surface area contributed by atoms with Crippen LogP contribution in [0.2, 0.25) is 0 Å². The summed E-state index contributed by atoms with van der Waals surface area (Å²) in [5, 5.41) is 9.64. The quantitative estimate of drug-likeness (QED) is 0.871. The Hall–Kier alpha value is -1.80. The van der Waals surface area contributed by atoms with Crippen LogP contribution in [0, 0.1) is 0 Å². The summed E-state index contributed by atoms with van der Waals surface area (Å²) >= 11 is 0. The smallest absolute Gasteiger partial charge is 0.125 e. The highest BCUT2D eigenvalue weighted by Crippen LogP contribution is 2.24. The first-order chi connectivity index (χ1) is 8.77. The van der Waals surface area contributed by atoms with E-state index in [1.165, 1.54) is 5.56 Å². The highest BCUT2D eigenvalue weighted by Gasteiger charge is 2.07. The van der Waals surface area contributed by atoms with Crippen molar-refractivity contribution in [2.45, 2.75) is 19.4 Å². The van der Waals surface area contributed by atoms with Crippen LogP contribution >= 0.6 is 0 Å². The first-order valence-electron chi connectivity index (χ1n) is 6.21. The molecule has 1 N–H and O–H groups in total. The van der Waals surface area contributed by atoms with E-state index >= 15 is 0 Å². The molecule has 0 saturated heterocycles. The molecule has 94 valence electrons. The van der Waals surface area contributed by atoms with Crippen LogP contribution in [0.3, 0.4) is 0 Å². The third-order valence-corrected chi connectivity index (χ3v) is 2.86. The monoisotopic (exact) mass is 242 g/mol. The molecular weight excluding hydrogens is 224 g/mol. The van der Waals surface area contributed by atoms with Gasteiger partial charge in [0.25, 0.3) is 0 Å². The second kappa shape index (κ2) is 6.22. The Kier molecular flexibility index (Phi) is 4.37. The van der Waals surface area contributed by atoms with Crippen molar-refractivity contribution in [3.05, 3.63) is 65.7 Å². The van der Waals surface area contributed by atoms with Gasteiger partial charge in [0.05, 0.1) is 12.7 Å². The van der Waals surface area contributed by atoms with E-state index in [0.29, 0.717) is 6.61 Å². The zero-order valence-corrected chi connectivity index (χ0v) is 10.5. The molecule has 18 heavy (non-hydrogen) atoms. The fourth-order valence-corrected chi connectivity index (χ4v) is 1.88. The van der Waals surface area contributed by atoms with Crippen LogP contribution in [0.4, 0.5) is 0 Å². The Balaban J connectivity index is 1.94. The standard InChI is InChI=1S/C16H18O2/c1-13(17)15-9-5-6-10-16(15)18-12-11-14-7-3-2-4-8-14/h2-10,13,17H,11-12H2,1H3/t13-/m1/s1. The molecule has 0 saturated carbocycles. The van der Waals surface area contributed by atoms with Gasteiger partial charge in [-0.25, -0.2) is 0 Å². The van der Waals surface area contributed by atoms with Crippen LogP contribution in [0.1, 0.15) is 24.2 Å². The molecule has 2 nitrogen and oxygen atoms in total. The summed E-state index contributed by atoms with van der Waals surface area (Å²) in [5.41, 5.74) is 2.09.